The van der Waals surface area contributed by atoms with E-state index in [9.17, 15) is 4.79 Å². The number of anilines is 1. The molecule has 0 aliphatic carbocycles. The van der Waals surface area contributed by atoms with Crippen LogP contribution < -0.4 is 5.73 Å². The Morgan fingerprint density at radius 1 is 1.59 bits per heavy atom. The van der Waals surface area contributed by atoms with Crippen LogP contribution in [-0.2, 0) is 22.5 Å². The highest BCUT2D eigenvalue weighted by atomic mass is 32.1. The van der Waals surface area contributed by atoms with Gasteiger partial charge in [0.25, 0.3) is 5.91 Å². The van der Waals surface area contributed by atoms with Crippen LogP contribution in [0.3, 0.4) is 0 Å². The molecule has 1 saturated heterocycles. The van der Waals surface area contributed by atoms with E-state index in [4.69, 9.17) is 10.5 Å². The fraction of sp³-hybridized carbons (Fsp3) is 0.636. The monoisotopic (exact) mass is 253 g/mol. The summed E-state index contributed by atoms with van der Waals surface area (Å²) in [6, 6.07) is 0. The lowest BCUT2D eigenvalue weighted by molar-refractivity contribution is -0.141. The molecule has 0 aromatic carbocycles. The number of carbonyl (C=O) groups is 1. The molecule has 1 amide bonds. The Morgan fingerprint density at radius 2 is 2.47 bits per heavy atom. The number of nitrogens with two attached hydrogens (primary N) is 1. The van der Waals surface area contributed by atoms with Gasteiger partial charge in [0, 0.05) is 24.4 Å². The number of rotatable bonds is 1. The van der Waals surface area contributed by atoms with Crippen LogP contribution in [0.4, 0.5) is 5.13 Å². The van der Waals surface area contributed by atoms with E-state index < -0.39 is 0 Å². The summed E-state index contributed by atoms with van der Waals surface area (Å²) in [5, 5.41) is 0.599. The Morgan fingerprint density at radius 3 is 3.24 bits per heavy atom. The van der Waals surface area contributed by atoms with E-state index in [-0.39, 0.29) is 12.0 Å². The molecule has 17 heavy (non-hydrogen) atoms. The van der Waals surface area contributed by atoms with Crippen LogP contribution in [0.5, 0.6) is 0 Å². The van der Waals surface area contributed by atoms with Crippen LogP contribution in [0, 0.1) is 0 Å². The van der Waals surface area contributed by atoms with E-state index in [1.165, 1.54) is 11.3 Å². The van der Waals surface area contributed by atoms with Crippen molar-refractivity contribution in [2.24, 2.45) is 0 Å². The number of amides is 1. The molecule has 5 nitrogen and oxygen atoms in total. The van der Waals surface area contributed by atoms with Crippen LogP contribution >= 0.6 is 11.3 Å². The number of ether oxygens (including phenoxy) is 1. The third-order valence-corrected chi connectivity index (χ3v) is 4.18. The number of nitrogen functional groups attached to an aromatic ring is 1. The number of hydrogen-bond acceptors (Lipinski definition) is 5. The predicted octanol–water partition coefficient (Wildman–Crippen LogP) is 0.789. The van der Waals surface area contributed by atoms with E-state index in [0.29, 0.717) is 18.3 Å². The van der Waals surface area contributed by atoms with Crippen molar-refractivity contribution in [3.63, 3.8) is 0 Å². The number of hydrogen-bond donors (Lipinski definition) is 1. The minimum Gasteiger partial charge on any atom is -0.375 e. The zero-order valence-corrected chi connectivity index (χ0v) is 10.3. The molecule has 1 atom stereocenters. The van der Waals surface area contributed by atoms with Gasteiger partial charge in [-0.15, -0.1) is 11.3 Å². The molecule has 2 aliphatic rings. The van der Waals surface area contributed by atoms with Gasteiger partial charge in [-0.25, -0.2) is 4.98 Å². The van der Waals surface area contributed by atoms with Gasteiger partial charge in [-0.2, -0.15) is 0 Å². The summed E-state index contributed by atoms with van der Waals surface area (Å²) in [6.45, 7) is 2.08. The Bertz CT molecular complexity index is 440. The Kier molecular flexibility index (Phi) is 2.76. The number of thiazole rings is 1. The van der Waals surface area contributed by atoms with E-state index in [1.54, 1.807) is 0 Å². The largest absolute Gasteiger partial charge is 0.375 e. The van der Waals surface area contributed by atoms with Crippen LogP contribution in [0.2, 0.25) is 0 Å². The molecule has 0 saturated carbocycles. The third-order valence-electron chi connectivity index (χ3n) is 3.26. The van der Waals surface area contributed by atoms with Crippen molar-refractivity contribution < 1.29 is 9.53 Å². The van der Waals surface area contributed by atoms with Crippen LogP contribution in [-0.4, -0.2) is 35.0 Å². The Hall–Kier alpha value is -1.14. The quantitative estimate of drug-likeness (QED) is 0.803. The highest BCUT2D eigenvalue weighted by Crippen LogP contribution is 2.27. The summed E-state index contributed by atoms with van der Waals surface area (Å²) >= 11 is 1.49. The molecule has 1 fully saturated rings. The van der Waals surface area contributed by atoms with Crippen LogP contribution in [0.25, 0.3) is 0 Å². The van der Waals surface area contributed by atoms with E-state index >= 15 is 0 Å². The minimum absolute atomic E-state index is 0.125. The van der Waals surface area contributed by atoms with Gasteiger partial charge < -0.3 is 15.4 Å². The van der Waals surface area contributed by atoms with Crippen molar-refractivity contribution in [2.45, 2.75) is 31.9 Å². The second kappa shape index (κ2) is 4.27. The van der Waals surface area contributed by atoms with Gasteiger partial charge in [-0.3, -0.25) is 4.79 Å². The predicted molar refractivity (Wildman–Crippen MR) is 64.6 cm³/mol. The molecule has 2 N–H and O–H groups in total. The van der Waals surface area contributed by atoms with Gasteiger partial charge in [-0.1, -0.05) is 0 Å². The number of carbonyl (C=O) groups excluding carboxylic acids is 1. The first kappa shape index (κ1) is 11.0. The maximum Gasteiger partial charge on any atom is 0.252 e. The van der Waals surface area contributed by atoms with Crippen LogP contribution in [0.1, 0.15) is 23.4 Å². The zero-order chi connectivity index (χ0) is 11.8. The first-order valence-corrected chi connectivity index (χ1v) is 6.70. The average molecular weight is 253 g/mol. The number of fused-ring (bicyclic) bond motifs is 1. The summed E-state index contributed by atoms with van der Waals surface area (Å²) in [6.07, 6.45) is 2.43. The number of nitrogens with zero attached hydrogens (tertiary/aromatic N) is 2. The Labute approximate surface area is 104 Å². The summed E-state index contributed by atoms with van der Waals surface area (Å²) < 4.78 is 5.43. The number of aromatic nitrogens is 1. The summed E-state index contributed by atoms with van der Waals surface area (Å²) in [5.41, 5.74) is 6.74. The van der Waals surface area contributed by atoms with E-state index in [0.717, 1.165) is 36.4 Å². The Balaban J connectivity index is 1.72. The van der Waals surface area contributed by atoms with Crippen molar-refractivity contribution in [3.8, 4) is 0 Å². The van der Waals surface area contributed by atoms with Gasteiger partial charge >= 0.3 is 0 Å². The molecular weight excluding hydrogens is 238 g/mol. The lowest BCUT2D eigenvalue weighted by Gasteiger charge is -2.28. The molecule has 1 aromatic heterocycles. The highest BCUT2D eigenvalue weighted by Gasteiger charge is 2.31. The molecule has 0 radical (unpaired) electrons. The third kappa shape index (κ3) is 2.02. The molecular formula is C11H15N3O2S. The summed E-state index contributed by atoms with van der Waals surface area (Å²) in [4.78, 5) is 19.4. The van der Waals surface area contributed by atoms with Gasteiger partial charge in [0.05, 0.1) is 12.2 Å². The fourth-order valence-corrected chi connectivity index (χ4v) is 3.27. The minimum atomic E-state index is -0.221. The topological polar surface area (TPSA) is 68.5 Å². The van der Waals surface area contributed by atoms with Crippen molar-refractivity contribution in [2.75, 3.05) is 18.9 Å². The molecule has 2 aliphatic heterocycles. The average Bonchev–Trinajstić information content (AvgIpc) is 2.94. The van der Waals surface area contributed by atoms with Crippen LogP contribution in [0.15, 0.2) is 0 Å². The lowest BCUT2D eigenvalue weighted by atomic mass is 10.1. The molecule has 0 bridgehead atoms. The first-order chi connectivity index (χ1) is 8.24. The van der Waals surface area contributed by atoms with Crippen molar-refractivity contribution in [3.05, 3.63) is 10.6 Å². The maximum absolute atomic E-state index is 12.2. The summed E-state index contributed by atoms with van der Waals surface area (Å²) in [7, 11) is 0. The molecule has 3 rings (SSSR count). The fourth-order valence-electron chi connectivity index (χ4n) is 2.38. The van der Waals surface area contributed by atoms with Crippen molar-refractivity contribution in [1.29, 1.82) is 0 Å². The summed E-state index contributed by atoms with van der Waals surface area (Å²) in [5.74, 6) is 0.125. The van der Waals surface area contributed by atoms with Gasteiger partial charge in [0.1, 0.15) is 6.10 Å². The second-order valence-electron chi connectivity index (χ2n) is 4.43. The molecule has 92 valence electrons. The highest BCUT2D eigenvalue weighted by molar-refractivity contribution is 7.15. The zero-order valence-electron chi connectivity index (χ0n) is 9.52. The van der Waals surface area contributed by atoms with Gasteiger partial charge in [-0.05, 0) is 12.8 Å². The maximum atomic E-state index is 12.2. The standard InChI is InChI=1S/C11H15N3O2S/c12-11-13-7-3-4-14(6-9(7)17-11)10(15)8-2-1-5-16-8/h8H,1-6H2,(H2,12,13). The SMILES string of the molecule is Nc1nc2c(s1)CN(C(=O)C1CCCO1)CC2. The van der Waals surface area contributed by atoms with Crippen molar-refractivity contribution >= 4 is 22.4 Å². The lowest BCUT2D eigenvalue weighted by Crippen LogP contribution is -2.41. The molecule has 1 aromatic rings. The normalized spacial score (nSPS) is 23.8. The molecule has 0 spiro atoms. The molecule has 1 unspecified atom stereocenters. The molecule has 6 heteroatoms. The van der Waals surface area contributed by atoms with Gasteiger partial charge in [0.15, 0.2) is 5.13 Å². The molecule has 3 heterocycles. The smallest absolute Gasteiger partial charge is 0.252 e. The first-order valence-electron chi connectivity index (χ1n) is 5.88. The second-order valence-corrected chi connectivity index (χ2v) is 5.55. The van der Waals surface area contributed by atoms with E-state index in [1.807, 2.05) is 4.90 Å². The van der Waals surface area contributed by atoms with Crippen molar-refractivity contribution in [1.82, 2.24) is 9.88 Å². The van der Waals surface area contributed by atoms with Gasteiger partial charge in [0.2, 0.25) is 0 Å². The van der Waals surface area contributed by atoms with E-state index in [2.05, 4.69) is 4.98 Å².